The number of aryl methyl sites for hydroxylation is 1. The average Bonchev–Trinajstić information content (AvgIpc) is 2.19. The average molecular weight is 278 g/mol. The van der Waals surface area contributed by atoms with Gasteiger partial charge in [0.05, 0.1) is 5.69 Å². The molecule has 0 heterocycles. The largest absolute Gasteiger partial charge is 0.375 e. The summed E-state index contributed by atoms with van der Waals surface area (Å²) in [6.07, 6.45) is 1.65. The van der Waals surface area contributed by atoms with Crippen LogP contribution < -0.4 is 4.90 Å². The molecule has 0 amide bonds. The third-order valence-corrected chi connectivity index (χ3v) is 2.74. The molecule has 15 heavy (non-hydrogen) atoms. The Hall–Kier alpha value is -0.640. The molecule has 1 nitrogen and oxygen atoms in total. The van der Waals surface area contributed by atoms with Crippen LogP contribution in [0.2, 0.25) is 0 Å². The van der Waals surface area contributed by atoms with Crippen LogP contribution in [0.3, 0.4) is 0 Å². The van der Waals surface area contributed by atoms with Gasteiger partial charge in [0.1, 0.15) is 0 Å². The topological polar surface area (TPSA) is 3.24 Å². The summed E-state index contributed by atoms with van der Waals surface area (Å²) in [6.45, 7) is 0. The van der Waals surface area contributed by atoms with Crippen LogP contribution in [0, 0.1) is 11.6 Å². The van der Waals surface area contributed by atoms with Crippen molar-refractivity contribution < 1.29 is 8.78 Å². The van der Waals surface area contributed by atoms with Gasteiger partial charge in [0.25, 0.3) is 0 Å². The Morgan fingerprint density at radius 3 is 2.47 bits per heavy atom. The summed E-state index contributed by atoms with van der Waals surface area (Å²) in [5.41, 5.74) is 1.20. The zero-order valence-electron chi connectivity index (χ0n) is 8.86. The van der Waals surface area contributed by atoms with Crippen LogP contribution >= 0.6 is 15.9 Å². The highest BCUT2D eigenvalue weighted by atomic mass is 79.9. The van der Waals surface area contributed by atoms with E-state index in [0.29, 0.717) is 5.69 Å². The van der Waals surface area contributed by atoms with Crippen LogP contribution in [-0.4, -0.2) is 19.4 Å². The molecule has 0 aliphatic carbocycles. The Kier molecular flexibility index (Phi) is 4.51. The highest BCUT2D eigenvalue weighted by Crippen LogP contribution is 2.26. The molecule has 0 N–H and O–H groups in total. The van der Waals surface area contributed by atoms with E-state index in [1.807, 2.05) is 0 Å². The quantitative estimate of drug-likeness (QED) is 0.763. The smallest absolute Gasteiger partial charge is 0.182 e. The molecule has 0 atom stereocenters. The van der Waals surface area contributed by atoms with Crippen molar-refractivity contribution in [2.24, 2.45) is 0 Å². The minimum atomic E-state index is -0.790. The van der Waals surface area contributed by atoms with Crippen molar-refractivity contribution in [3.05, 3.63) is 29.3 Å². The van der Waals surface area contributed by atoms with Crippen LogP contribution in [0.25, 0.3) is 0 Å². The monoisotopic (exact) mass is 277 g/mol. The van der Waals surface area contributed by atoms with Gasteiger partial charge in [0.15, 0.2) is 11.6 Å². The third-order valence-electron chi connectivity index (χ3n) is 2.18. The van der Waals surface area contributed by atoms with Crippen molar-refractivity contribution in [2.45, 2.75) is 12.8 Å². The maximum atomic E-state index is 13.5. The van der Waals surface area contributed by atoms with Crippen molar-refractivity contribution >= 4 is 21.6 Å². The molecular formula is C11H14BrF2N. The first-order chi connectivity index (χ1) is 7.07. The fourth-order valence-corrected chi connectivity index (χ4v) is 1.80. The van der Waals surface area contributed by atoms with Crippen molar-refractivity contribution in [2.75, 3.05) is 24.3 Å². The van der Waals surface area contributed by atoms with E-state index in [9.17, 15) is 8.78 Å². The van der Waals surface area contributed by atoms with E-state index in [1.54, 1.807) is 25.1 Å². The first-order valence-corrected chi connectivity index (χ1v) is 5.90. The Balaban J connectivity index is 3.09. The molecule has 0 saturated heterocycles. The zero-order valence-corrected chi connectivity index (χ0v) is 10.4. The molecule has 0 aliphatic heterocycles. The Morgan fingerprint density at radius 1 is 1.27 bits per heavy atom. The Morgan fingerprint density at radius 2 is 1.93 bits per heavy atom. The maximum absolute atomic E-state index is 13.5. The summed E-state index contributed by atoms with van der Waals surface area (Å²) in [5.74, 6) is -1.55. The number of hydrogen-bond donors (Lipinski definition) is 0. The fourth-order valence-electron chi connectivity index (χ4n) is 1.52. The summed E-state index contributed by atoms with van der Waals surface area (Å²) in [5, 5.41) is 0.860. The minimum Gasteiger partial charge on any atom is -0.375 e. The molecule has 0 fully saturated rings. The molecule has 0 aliphatic rings. The van der Waals surface area contributed by atoms with E-state index in [-0.39, 0.29) is 0 Å². The number of rotatable bonds is 4. The lowest BCUT2D eigenvalue weighted by atomic mass is 10.1. The predicted octanol–water partition coefficient (Wildman–Crippen LogP) is 3.36. The van der Waals surface area contributed by atoms with Gasteiger partial charge in [-0.3, -0.25) is 0 Å². The van der Waals surface area contributed by atoms with Gasteiger partial charge in [-0.15, -0.1) is 0 Å². The van der Waals surface area contributed by atoms with Gasteiger partial charge < -0.3 is 4.90 Å². The van der Waals surface area contributed by atoms with Crippen molar-refractivity contribution in [3.8, 4) is 0 Å². The maximum Gasteiger partial charge on any atom is 0.182 e. The second kappa shape index (κ2) is 5.45. The number of alkyl halides is 1. The van der Waals surface area contributed by atoms with E-state index < -0.39 is 11.6 Å². The second-order valence-corrected chi connectivity index (χ2v) is 4.35. The van der Waals surface area contributed by atoms with Gasteiger partial charge in [0.2, 0.25) is 0 Å². The summed E-state index contributed by atoms with van der Waals surface area (Å²) < 4.78 is 26.5. The van der Waals surface area contributed by atoms with Gasteiger partial charge >= 0.3 is 0 Å². The van der Waals surface area contributed by atoms with E-state index in [1.165, 1.54) is 6.07 Å². The number of halogens is 3. The predicted molar refractivity (Wildman–Crippen MR) is 62.8 cm³/mol. The molecule has 0 radical (unpaired) electrons. The first kappa shape index (κ1) is 12.4. The number of hydrogen-bond acceptors (Lipinski definition) is 1. The number of nitrogens with zero attached hydrogens (tertiary/aromatic N) is 1. The molecule has 1 rings (SSSR count). The van der Waals surface area contributed by atoms with Gasteiger partial charge in [-0.1, -0.05) is 22.0 Å². The molecule has 84 valence electrons. The lowest BCUT2D eigenvalue weighted by Gasteiger charge is -2.18. The molecule has 0 saturated carbocycles. The molecule has 1 aromatic rings. The fraction of sp³-hybridized carbons (Fsp3) is 0.455. The SMILES string of the molecule is CN(C)c1c(CCCBr)ccc(F)c1F. The van der Waals surface area contributed by atoms with E-state index in [0.717, 1.165) is 23.7 Å². The van der Waals surface area contributed by atoms with Crippen LogP contribution in [0.5, 0.6) is 0 Å². The number of anilines is 1. The molecule has 0 bridgehead atoms. The summed E-state index contributed by atoms with van der Waals surface area (Å²) in [7, 11) is 3.44. The van der Waals surface area contributed by atoms with Gasteiger partial charge in [-0.05, 0) is 24.5 Å². The Labute approximate surface area is 97.2 Å². The van der Waals surface area contributed by atoms with Crippen molar-refractivity contribution in [1.29, 1.82) is 0 Å². The molecular weight excluding hydrogens is 264 g/mol. The number of benzene rings is 1. The standard InChI is InChI=1S/C11H14BrF2N/c1-15(2)11-8(4-3-7-12)5-6-9(13)10(11)14/h5-6H,3-4,7H2,1-2H3. The van der Waals surface area contributed by atoms with Gasteiger partial charge in [-0.2, -0.15) is 0 Å². The van der Waals surface area contributed by atoms with E-state index in [4.69, 9.17) is 0 Å². The Bertz CT molecular complexity index is 340. The van der Waals surface area contributed by atoms with Crippen LogP contribution in [0.4, 0.5) is 14.5 Å². The summed E-state index contributed by atoms with van der Waals surface area (Å²) in [4.78, 5) is 1.61. The third kappa shape index (κ3) is 2.91. The van der Waals surface area contributed by atoms with Crippen LogP contribution in [0.15, 0.2) is 12.1 Å². The second-order valence-electron chi connectivity index (χ2n) is 3.56. The van der Waals surface area contributed by atoms with Crippen molar-refractivity contribution in [1.82, 2.24) is 0 Å². The molecule has 0 aromatic heterocycles. The van der Waals surface area contributed by atoms with E-state index in [2.05, 4.69) is 15.9 Å². The summed E-state index contributed by atoms with van der Waals surface area (Å²) >= 11 is 3.32. The van der Waals surface area contributed by atoms with Gasteiger partial charge in [-0.25, -0.2) is 8.78 Å². The molecule has 1 aromatic carbocycles. The highest BCUT2D eigenvalue weighted by molar-refractivity contribution is 9.09. The van der Waals surface area contributed by atoms with Crippen LogP contribution in [-0.2, 0) is 6.42 Å². The lowest BCUT2D eigenvalue weighted by molar-refractivity contribution is 0.507. The molecule has 0 spiro atoms. The first-order valence-electron chi connectivity index (χ1n) is 4.78. The van der Waals surface area contributed by atoms with Crippen molar-refractivity contribution in [3.63, 3.8) is 0 Å². The summed E-state index contributed by atoms with van der Waals surface area (Å²) in [6, 6.07) is 2.84. The molecule has 0 unspecified atom stereocenters. The minimum absolute atomic E-state index is 0.357. The molecule has 4 heteroatoms. The van der Waals surface area contributed by atoms with Crippen LogP contribution in [0.1, 0.15) is 12.0 Å². The normalized spacial score (nSPS) is 10.5. The zero-order chi connectivity index (χ0) is 11.4. The van der Waals surface area contributed by atoms with E-state index >= 15 is 0 Å². The lowest BCUT2D eigenvalue weighted by Crippen LogP contribution is -2.14. The highest BCUT2D eigenvalue weighted by Gasteiger charge is 2.14. The van der Waals surface area contributed by atoms with Gasteiger partial charge in [0, 0.05) is 19.4 Å².